The third kappa shape index (κ3) is 5.98. The highest BCUT2D eigenvalue weighted by Crippen LogP contribution is 2.80. The van der Waals surface area contributed by atoms with E-state index in [1.165, 1.54) is 40.7 Å². The number of nitrogens with zero attached hydrogens (tertiary/aromatic N) is 1. The lowest BCUT2D eigenvalue weighted by Gasteiger charge is -2.73. The summed E-state index contributed by atoms with van der Waals surface area (Å²) in [4.78, 5) is 33.4. The molecule has 2 aromatic heterocycles. The number of aromatic amines is 1. The molecule has 6 fully saturated rings. The smallest absolute Gasteiger partial charge is 0.160 e. The van der Waals surface area contributed by atoms with Gasteiger partial charge >= 0.3 is 0 Å². The molecule has 11 rings (SSSR count). The molecule has 64 heavy (non-hydrogen) atoms. The number of rotatable bonds is 9. The molecule has 8 heteroatoms. The number of benzene rings is 1. The summed E-state index contributed by atoms with van der Waals surface area (Å²) in [5.74, 6) is 1.69. The first-order valence-electron chi connectivity index (χ1n) is 25.5. The van der Waals surface area contributed by atoms with Gasteiger partial charge < -0.3 is 29.2 Å². The van der Waals surface area contributed by atoms with Crippen molar-refractivity contribution in [2.75, 3.05) is 13.2 Å². The number of hydrogen-bond acceptors (Lipinski definition) is 6. The summed E-state index contributed by atoms with van der Waals surface area (Å²) in [6, 6.07) is 9.32. The van der Waals surface area contributed by atoms with Crippen molar-refractivity contribution in [2.45, 2.75) is 188 Å². The average Bonchev–Trinajstić information content (AvgIpc) is 3.83. The predicted octanol–water partition coefficient (Wildman–Crippen LogP) is 10.7. The fraction of sp³-hybridized carbons (Fsp3) is 0.714. The van der Waals surface area contributed by atoms with Crippen molar-refractivity contribution < 1.29 is 29.3 Å². The number of nitrogens with one attached hydrogen (secondary N) is 1. The van der Waals surface area contributed by atoms with Crippen molar-refractivity contribution in [3.63, 3.8) is 0 Å². The molecule has 8 aliphatic rings. The van der Waals surface area contributed by atoms with E-state index >= 15 is 4.79 Å². The molecule has 11 unspecified atom stereocenters. The van der Waals surface area contributed by atoms with Crippen LogP contribution in [0.5, 0.6) is 0 Å². The minimum Gasteiger partial charge on any atom is -0.392 e. The minimum atomic E-state index is -0.714. The number of hydrogen-bond donors (Lipinski definition) is 3. The van der Waals surface area contributed by atoms with Crippen LogP contribution < -0.4 is 0 Å². The zero-order valence-corrected chi connectivity index (χ0v) is 40.2. The molecule has 0 radical (unpaired) electrons. The number of H-pyrrole nitrogens is 1. The molecule has 4 saturated carbocycles. The molecular weight excluding hydrogens is 797 g/mol. The molecular formula is C56H76N2O6. The minimum absolute atomic E-state index is 0.0864. The van der Waals surface area contributed by atoms with Gasteiger partial charge in [0, 0.05) is 73.2 Å². The van der Waals surface area contributed by atoms with E-state index in [1.807, 2.05) is 13.8 Å². The van der Waals surface area contributed by atoms with Crippen LogP contribution in [0.1, 0.15) is 167 Å². The molecule has 6 aliphatic carbocycles. The summed E-state index contributed by atoms with van der Waals surface area (Å²) in [7, 11) is 0. The van der Waals surface area contributed by atoms with Crippen LogP contribution in [0.2, 0.25) is 0 Å². The number of ether oxygens (including phenoxy) is 2. The van der Waals surface area contributed by atoms with E-state index in [1.54, 1.807) is 0 Å². The first-order valence-corrected chi connectivity index (χ1v) is 25.5. The van der Waals surface area contributed by atoms with Gasteiger partial charge in [-0.15, -0.1) is 0 Å². The lowest BCUT2D eigenvalue weighted by Crippen LogP contribution is -2.71. The Hall–Kier alpha value is -3.04. The molecule has 4 heterocycles. The van der Waals surface area contributed by atoms with Crippen molar-refractivity contribution in [1.29, 1.82) is 0 Å². The van der Waals surface area contributed by atoms with E-state index in [2.05, 4.69) is 87.8 Å². The molecule has 3 N–H and O–H groups in total. The third-order valence-electron chi connectivity index (χ3n) is 21.0. The van der Waals surface area contributed by atoms with E-state index < -0.39 is 33.9 Å². The van der Waals surface area contributed by atoms with Crippen molar-refractivity contribution in [1.82, 2.24) is 9.55 Å². The van der Waals surface area contributed by atoms with Crippen LogP contribution in [0.4, 0.5) is 0 Å². The fourth-order valence-corrected chi connectivity index (χ4v) is 17.7. The normalized spacial score (nSPS) is 41.3. The van der Waals surface area contributed by atoms with E-state index in [0.29, 0.717) is 49.8 Å². The van der Waals surface area contributed by atoms with E-state index in [0.717, 1.165) is 87.6 Å². The largest absolute Gasteiger partial charge is 0.392 e. The average molecular weight is 873 g/mol. The van der Waals surface area contributed by atoms with Gasteiger partial charge in [-0.05, 0) is 153 Å². The Labute approximate surface area is 381 Å². The summed E-state index contributed by atoms with van der Waals surface area (Å²) in [5.41, 5.74) is 6.50. The quantitative estimate of drug-likeness (QED) is 0.184. The van der Waals surface area contributed by atoms with Gasteiger partial charge in [-0.2, -0.15) is 0 Å². The molecule has 0 bridgehead atoms. The number of carbonyl (C=O) groups excluding carboxylic acids is 2. The SMILES string of the molecule is Cc1cc(Cc2cn(CC34CCC(C)(CC(O)C5OC5(C)C)C5=C3C(C)(CC5=O)C3(C)CCC5C(C)(CCC(=O)C5(C)C5CCCC5)C3C4O)c3cc[nH]c23)cc(C2CCOCC2)c1. The Kier molecular flexibility index (Phi) is 9.85. The number of Topliss-reactive ketones (excluding diaryl/α,β-unsaturated/α-hetero) is 2. The van der Waals surface area contributed by atoms with Gasteiger partial charge in [-0.25, -0.2) is 0 Å². The Morgan fingerprint density at radius 2 is 1.66 bits per heavy atom. The van der Waals surface area contributed by atoms with Crippen LogP contribution in [0.25, 0.3) is 11.0 Å². The van der Waals surface area contributed by atoms with Crippen LogP contribution in [0.15, 0.2) is 47.8 Å². The van der Waals surface area contributed by atoms with Crippen LogP contribution in [0.3, 0.4) is 0 Å². The maximum Gasteiger partial charge on any atom is 0.160 e. The van der Waals surface area contributed by atoms with Crippen LogP contribution in [-0.2, 0) is 32.0 Å². The Bertz CT molecular complexity index is 2430. The molecule has 346 valence electrons. The standard InChI is InChI=1S/C56H76N2O6/c1-33-25-34(27-36(26-33)35-16-23-63-24-17-35)28-37-31-58(39-15-22-57-45(37)39)32-56-21-20-51(4,29-41(60)49-50(2,3)64-49)44-40(59)30-54(7,46(44)56)53(6)19-13-42-52(5,47(53)48(56)62)18-14-43(61)55(42,8)38-11-9-10-12-38/h15,22,25-27,31,35,38,41-42,47-49,57,60,62H,9-14,16-21,23-24,28-30,32H2,1-8H3. The maximum atomic E-state index is 15.3. The van der Waals surface area contributed by atoms with Crippen molar-refractivity contribution in [3.8, 4) is 0 Å². The number of aryl methyl sites for hydroxylation is 1. The second-order valence-corrected chi connectivity index (χ2v) is 24.8. The number of ketones is 2. The second-order valence-electron chi connectivity index (χ2n) is 24.8. The van der Waals surface area contributed by atoms with Gasteiger partial charge in [0.2, 0.25) is 0 Å². The highest BCUT2D eigenvalue weighted by molar-refractivity contribution is 6.02. The van der Waals surface area contributed by atoms with E-state index in [-0.39, 0.29) is 40.2 Å². The van der Waals surface area contributed by atoms with Crippen molar-refractivity contribution >= 4 is 22.6 Å². The summed E-state index contributed by atoms with van der Waals surface area (Å²) in [5, 5.41) is 25.9. The lowest BCUT2D eigenvalue weighted by atomic mass is 9.31. The van der Waals surface area contributed by atoms with Crippen LogP contribution in [-0.4, -0.2) is 68.5 Å². The third-order valence-corrected chi connectivity index (χ3v) is 21.0. The number of epoxide rings is 1. The first kappa shape index (κ1) is 43.5. The molecule has 0 amide bonds. The zero-order chi connectivity index (χ0) is 45.0. The number of allylic oxidation sites excluding steroid dienone is 1. The van der Waals surface area contributed by atoms with Gasteiger partial charge in [0.1, 0.15) is 11.9 Å². The summed E-state index contributed by atoms with van der Waals surface area (Å²) in [6.07, 6.45) is 15.9. The zero-order valence-electron chi connectivity index (χ0n) is 40.2. The van der Waals surface area contributed by atoms with E-state index in [4.69, 9.17) is 9.47 Å². The molecule has 2 saturated heterocycles. The molecule has 2 aliphatic heterocycles. The highest BCUT2D eigenvalue weighted by Gasteiger charge is 2.77. The second kappa shape index (κ2) is 14.5. The molecule has 0 spiro atoms. The van der Waals surface area contributed by atoms with Crippen LogP contribution >= 0.6 is 0 Å². The maximum absolute atomic E-state index is 15.3. The Morgan fingerprint density at radius 1 is 0.922 bits per heavy atom. The number of aliphatic hydroxyl groups is 2. The van der Waals surface area contributed by atoms with Gasteiger partial charge in [0.05, 0.1) is 28.8 Å². The number of fused-ring (bicyclic) bond motifs is 5. The predicted molar refractivity (Wildman–Crippen MR) is 250 cm³/mol. The topological polar surface area (TPSA) is 117 Å². The fourth-order valence-electron chi connectivity index (χ4n) is 17.7. The highest BCUT2D eigenvalue weighted by atomic mass is 16.6. The summed E-state index contributed by atoms with van der Waals surface area (Å²) < 4.78 is 14.2. The monoisotopic (exact) mass is 873 g/mol. The van der Waals surface area contributed by atoms with Crippen LogP contribution in [0, 0.1) is 57.2 Å². The number of aromatic nitrogens is 2. The van der Waals surface area contributed by atoms with Gasteiger partial charge in [-0.3, -0.25) is 9.59 Å². The number of carbonyl (C=O) groups is 2. The summed E-state index contributed by atoms with van der Waals surface area (Å²) in [6.45, 7) is 20.4. The van der Waals surface area contributed by atoms with Gasteiger partial charge in [0.15, 0.2) is 5.78 Å². The Balaban J connectivity index is 1.05. The molecule has 3 aromatic rings. The first-order chi connectivity index (χ1) is 30.3. The van der Waals surface area contributed by atoms with Crippen molar-refractivity contribution in [3.05, 3.63) is 70.1 Å². The van der Waals surface area contributed by atoms with E-state index in [9.17, 15) is 15.0 Å². The molecule has 1 aromatic carbocycles. The van der Waals surface area contributed by atoms with Crippen molar-refractivity contribution in [2.24, 2.45) is 50.2 Å². The number of aliphatic hydroxyl groups excluding tert-OH is 2. The molecule has 8 nitrogen and oxygen atoms in total. The van der Waals surface area contributed by atoms with Gasteiger partial charge in [0.25, 0.3) is 0 Å². The lowest BCUT2D eigenvalue weighted by molar-refractivity contribution is -0.245. The Morgan fingerprint density at radius 3 is 2.38 bits per heavy atom. The van der Waals surface area contributed by atoms with Gasteiger partial charge in [-0.1, -0.05) is 71.2 Å². The molecule has 11 atom stereocenters. The summed E-state index contributed by atoms with van der Waals surface area (Å²) >= 11 is 0.